The fourth-order valence-corrected chi connectivity index (χ4v) is 1.96. The predicted octanol–water partition coefficient (Wildman–Crippen LogP) is -0.327. The van der Waals surface area contributed by atoms with Crippen LogP contribution in [0, 0.1) is 10.1 Å². The second-order valence-corrected chi connectivity index (χ2v) is 4.79. The molecule has 0 bridgehead atoms. The van der Waals surface area contributed by atoms with E-state index in [9.17, 15) is 24.5 Å². The van der Waals surface area contributed by atoms with Gasteiger partial charge in [-0.2, -0.15) is 0 Å². The molecule has 0 saturated carbocycles. The molecule has 24 heavy (non-hydrogen) atoms. The number of nitro benzene ring substituents is 1. The molecular weight excluding hydrogens is 318 g/mol. The van der Waals surface area contributed by atoms with Gasteiger partial charge in [0.15, 0.2) is 0 Å². The van der Waals surface area contributed by atoms with Gasteiger partial charge in [-0.3, -0.25) is 29.3 Å². The van der Waals surface area contributed by atoms with Crippen molar-refractivity contribution in [1.29, 1.82) is 0 Å². The first-order chi connectivity index (χ1) is 11.5. The maximum absolute atomic E-state index is 11.7. The zero-order chi connectivity index (χ0) is 17.5. The summed E-state index contributed by atoms with van der Waals surface area (Å²) in [5.74, 6) is -0.423. The lowest BCUT2D eigenvalue weighted by Crippen LogP contribution is -2.36. The molecule has 0 unspecified atom stereocenters. The van der Waals surface area contributed by atoms with Gasteiger partial charge in [0.2, 0.25) is 5.91 Å². The number of amides is 1. The number of rotatable bonds is 7. The summed E-state index contributed by atoms with van der Waals surface area (Å²) in [6, 6.07) is 7.32. The topological polar surface area (TPSA) is 139 Å². The average molecular weight is 333 g/mol. The monoisotopic (exact) mass is 333 g/mol. The Bertz CT molecular complexity index is 857. The highest BCUT2D eigenvalue weighted by atomic mass is 16.6. The number of hydrogen-bond acceptors (Lipinski definition) is 6. The van der Waals surface area contributed by atoms with Gasteiger partial charge in [0.25, 0.3) is 11.2 Å². The van der Waals surface area contributed by atoms with Gasteiger partial charge >= 0.3 is 5.69 Å². The highest BCUT2D eigenvalue weighted by Crippen LogP contribution is 2.22. The maximum atomic E-state index is 11.7. The number of anilines is 1. The summed E-state index contributed by atoms with van der Waals surface area (Å²) >= 11 is 0. The largest absolute Gasteiger partial charge is 0.378 e. The lowest BCUT2D eigenvalue weighted by atomic mass is 10.2. The molecule has 1 amide bonds. The number of H-pyrrole nitrogens is 1. The van der Waals surface area contributed by atoms with Crippen LogP contribution in [-0.4, -0.2) is 33.5 Å². The van der Waals surface area contributed by atoms with Gasteiger partial charge in [0, 0.05) is 31.4 Å². The lowest BCUT2D eigenvalue weighted by molar-refractivity contribution is -0.384. The van der Waals surface area contributed by atoms with Crippen molar-refractivity contribution in [2.75, 3.05) is 18.4 Å². The number of hydrogen-bond donors (Lipinski definition) is 3. The molecule has 126 valence electrons. The minimum atomic E-state index is -0.671. The summed E-state index contributed by atoms with van der Waals surface area (Å²) in [6.45, 7) is 0.251. The Morgan fingerprint density at radius 2 is 1.96 bits per heavy atom. The Morgan fingerprint density at radius 3 is 2.67 bits per heavy atom. The number of benzene rings is 1. The van der Waals surface area contributed by atoms with E-state index in [4.69, 9.17) is 0 Å². The third kappa shape index (κ3) is 4.53. The Labute approximate surface area is 135 Å². The number of aromatic amines is 1. The molecular formula is C14H15N5O5. The van der Waals surface area contributed by atoms with Gasteiger partial charge in [-0.25, -0.2) is 4.79 Å². The van der Waals surface area contributed by atoms with Crippen molar-refractivity contribution in [3.05, 3.63) is 67.5 Å². The van der Waals surface area contributed by atoms with Gasteiger partial charge in [-0.1, -0.05) is 12.1 Å². The lowest BCUT2D eigenvalue weighted by Gasteiger charge is -2.09. The first-order valence-electron chi connectivity index (χ1n) is 7.01. The van der Waals surface area contributed by atoms with Crippen molar-refractivity contribution in [2.45, 2.75) is 6.54 Å². The highest BCUT2D eigenvalue weighted by molar-refractivity contribution is 5.75. The smallest absolute Gasteiger partial charge is 0.328 e. The van der Waals surface area contributed by atoms with Crippen molar-refractivity contribution >= 4 is 17.3 Å². The van der Waals surface area contributed by atoms with E-state index in [1.54, 1.807) is 18.2 Å². The van der Waals surface area contributed by atoms with E-state index in [1.165, 1.54) is 12.3 Å². The van der Waals surface area contributed by atoms with Crippen molar-refractivity contribution < 1.29 is 9.72 Å². The summed E-state index contributed by atoms with van der Waals surface area (Å²) in [5.41, 5.74) is -0.904. The molecule has 0 saturated heterocycles. The number of nitrogens with zero attached hydrogens (tertiary/aromatic N) is 2. The second kappa shape index (κ2) is 7.72. The molecule has 0 aliphatic heterocycles. The fraction of sp³-hybridized carbons (Fsp3) is 0.214. The van der Waals surface area contributed by atoms with Crippen molar-refractivity contribution in [3.63, 3.8) is 0 Å². The molecule has 2 aromatic rings. The number of carbonyl (C=O) groups excluding carboxylic acids is 1. The van der Waals surface area contributed by atoms with Gasteiger partial charge < -0.3 is 10.6 Å². The van der Waals surface area contributed by atoms with Gasteiger partial charge in [0.1, 0.15) is 12.2 Å². The molecule has 2 rings (SSSR count). The molecule has 0 radical (unpaired) electrons. The molecule has 10 heteroatoms. The summed E-state index contributed by atoms with van der Waals surface area (Å²) in [7, 11) is 0. The van der Waals surface area contributed by atoms with Crippen molar-refractivity contribution in [1.82, 2.24) is 14.9 Å². The zero-order valence-electron chi connectivity index (χ0n) is 12.5. The number of para-hydroxylation sites is 2. The van der Waals surface area contributed by atoms with E-state index in [0.717, 1.165) is 10.6 Å². The van der Waals surface area contributed by atoms with Crippen LogP contribution >= 0.6 is 0 Å². The second-order valence-electron chi connectivity index (χ2n) is 4.79. The summed E-state index contributed by atoms with van der Waals surface area (Å²) in [6.07, 6.45) is 1.23. The molecule has 0 atom stereocenters. The van der Waals surface area contributed by atoms with Crippen LogP contribution in [-0.2, 0) is 11.3 Å². The molecule has 0 aliphatic carbocycles. The van der Waals surface area contributed by atoms with Crippen LogP contribution in [0.3, 0.4) is 0 Å². The summed E-state index contributed by atoms with van der Waals surface area (Å²) in [4.78, 5) is 46.5. The molecule has 1 heterocycles. The van der Waals surface area contributed by atoms with Crippen LogP contribution in [0.5, 0.6) is 0 Å². The molecule has 0 aliphatic rings. The molecule has 0 spiro atoms. The molecule has 3 N–H and O–H groups in total. The van der Waals surface area contributed by atoms with E-state index in [2.05, 4.69) is 10.6 Å². The zero-order valence-corrected chi connectivity index (χ0v) is 12.5. The Kier molecular flexibility index (Phi) is 5.45. The number of nitro groups is 1. The average Bonchev–Trinajstić information content (AvgIpc) is 2.54. The van der Waals surface area contributed by atoms with Crippen LogP contribution in [0.4, 0.5) is 11.4 Å². The molecule has 1 aromatic carbocycles. The summed E-state index contributed by atoms with van der Waals surface area (Å²) in [5, 5.41) is 16.3. The number of aromatic nitrogens is 2. The van der Waals surface area contributed by atoms with Crippen molar-refractivity contribution in [3.8, 4) is 0 Å². The summed E-state index contributed by atoms with van der Waals surface area (Å²) < 4.78 is 1.06. The van der Waals surface area contributed by atoms with Crippen molar-refractivity contribution in [2.24, 2.45) is 0 Å². The van der Waals surface area contributed by atoms with E-state index in [1.807, 2.05) is 4.98 Å². The van der Waals surface area contributed by atoms with Crippen LogP contribution in [0.2, 0.25) is 0 Å². The Morgan fingerprint density at radius 1 is 1.21 bits per heavy atom. The maximum Gasteiger partial charge on any atom is 0.328 e. The van der Waals surface area contributed by atoms with Crippen LogP contribution in [0.1, 0.15) is 0 Å². The molecule has 0 fully saturated rings. The van der Waals surface area contributed by atoms with Crippen LogP contribution in [0.25, 0.3) is 0 Å². The minimum Gasteiger partial charge on any atom is -0.378 e. The quantitative estimate of drug-likeness (QED) is 0.360. The number of nitrogens with one attached hydrogen (secondary N) is 3. The van der Waals surface area contributed by atoms with E-state index in [-0.39, 0.29) is 25.3 Å². The van der Waals surface area contributed by atoms with Gasteiger partial charge in [0.05, 0.1) is 4.92 Å². The third-order valence-corrected chi connectivity index (χ3v) is 3.07. The highest BCUT2D eigenvalue weighted by Gasteiger charge is 2.11. The Hall–Kier alpha value is -3.43. The van der Waals surface area contributed by atoms with Crippen LogP contribution in [0.15, 0.2) is 46.1 Å². The SMILES string of the molecule is O=C(Cn1ccc(=O)[nH]c1=O)NCCNc1ccccc1[N+](=O)[O-]. The Balaban J connectivity index is 1.82. The standard InChI is InChI=1S/C14H15N5O5/c20-12-5-8-18(14(22)17-12)9-13(21)16-7-6-15-10-3-1-2-4-11(10)19(23)24/h1-5,8,15H,6-7,9H2,(H,16,21)(H,17,20,22). The number of carbonyl (C=O) groups is 1. The first-order valence-corrected chi connectivity index (χ1v) is 7.01. The third-order valence-electron chi connectivity index (χ3n) is 3.07. The van der Waals surface area contributed by atoms with Crippen LogP contribution < -0.4 is 21.9 Å². The normalized spacial score (nSPS) is 10.2. The van der Waals surface area contributed by atoms with E-state index >= 15 is 0 Å². The fourth-order valence-electron chi connectivity index (χ4n) is 1.96. The van der Waals surface area contributed by atoms with E-state index < -0.39 is 22.1 Å². The molecule has 10 nitrogen and oxygen atoms in total. The van der Waals surface area contributed by atoms with Gasteiger partial charge in [-0.05, 0) is 6.07 Å². The molecule has 1 aromatic heterocycles. The predicted molar refractivity (Wildman–Crippen MR) is 85.9 cm³/mol. The van der Waals surface area contributed by atoms with Gasteiger partial charge in [-0.15, -0.1) is 0 Å². The first kappa shape index (κ1) is 16.9. The minimum absolute atomic E-state index is 0.0522. The van der Waals surface area contributed by atoms with E-state index in [0.29, 0.717) is 5.69 Å².